The Morgan fingerprint density at radius 2 is 2.18 bits per heavy atom. The Hall–Kier alpha value is -1.52. The number of nitrogens with zero attached hydrogens (tertiary/aromatic N) is 3. The summed E-state index contributed by atoms with van der Waals surface area (Å²) in [4.78, 5) is 13.1. The van der Waals surface area contributed by atoms with E-state index in [1.54, 1.807) is 6.92 Å². The molecule has 1 saturated heterocycles. The number of piperidine rings is 1. The third kappa shape index (κ3) is 2.43. The summed E-state index contributed by atoms with van der Waals surface area (Å²) in [5.74, 6) is 1.26. The first kappa shape index (κ1) is 12.0. The number of aromatic nitrogens is 2. The quantitative estimate of drug-likeness (QED) is 0.839. The molecule has 0 aromatic carbocycles. The monoisotopic (exact) mass is 236 g/mol. The van der Waals surface area contributed by atoms with Gasteiger partial charge in [-0.25, -0.2) is 0 Å². The highest BCUT2D eigenvalue weighted by Gasteiger charge is 2.24. The van der Waals surface area contributed by atoms with Crippen molar-refractivity contribution >= 4 is 11.7 Å². The third-order valence-electron chi connectivity index (χ3n) is 3.52. The minimum absolute atomic E-state index is 0.167. The Labute approximate surface area is 102 Å². The molecule has 2 heterocycles. The van der Waals surface area contributed by atoms with Gasteiger partial charge in [-0.3, -0.25) is 9.48 Å². The smallest absolute Gasteiger partial charge is 0.219 e. The van der Waals surface area contributed by atoms with E-state index in [1.165, 1.54) is 0 Å². The molecular formula is C12H20N4O. The van der Waals surface area contributed by atoms with Gasteiger partial charge < -0.3 is 10.6 Å². The summed E-state index contributed by atoms with van der Waals surface area (Å²) in [6.45, 7) is 6.18. The summed E-state index contributed by atoms with van der Waals surface area (Å²) in [5, 5.41) is 4.27. The molecule has 1 amide bonds. The first-order chi connectivity index (χ1) is 8.11. The molecule has 0 unspecified atom stereocenters. The van der Waals surface area contributed by atoms with E-state index in [2.05, 4.69) is 12.0 Å². The summed E-state index contributed by atoms with van der Waals surface area (Å²) in [5.41, 5.74) is 7.08. The first-order valence-electron chi connectivity index (χ1n) is 6.20. The van der Waals surface area contributed by atoms with Gasteiger partial charge in [0, 0.05) is 38.3 Å². The molecule has 1 aliphatic heterocycles. The van der Waals surface area contributed by atoms with Gasteiger partial charge in [0.1, 0.15) is 5.82 Å². The summed E-state index contributed by atoms with van der Waals surface area (Å²) >= 11 is 0. The van der Waals surface area contributed by atoms with Crippen molar-refractivity contribution in [3.63, 3.8) is 0 Å². The number of nitrogen functional groups attached to an aromatic ring is 1. The maximum atomic E-state index is 11.2. The molecule has 17 heavy (non-hydrogen) atoms. The van der Waals surface area contributed by atoms with Crippen LogP contribution in [0, 0.1) is 0 Å². The lowest BCUT2D eigenvalue weighted by Gasteiger charge is -2.31. The van der Waals surface area contributed by atoms with Crippen molar-refractivity contribution in [2.75, 3.05) is 18.8 Å². The van der Waals surface area contributed by atoms with Crippen LogP contribution in [-0.4, -0.2) is 33.7 Å². The van der Waals surface area contributed by atoms with Crippen LogP contribution in [0.25, 0.3) is 0 Å². The van der Waals surface area contributed by atoms with Gasteiger partial charge in [-0.2, -0.15) is 5.10 Å². The van der Waals surface area contributed by atoms with Gasteiger partial charge >= 0.3 is 0 Å². The zero-order chi connectivity index (χ0) is 12.4. The van der Waals surface area contributed by atoms with Crippen LogP contribution in [0.1, 0.15) is 38.2 Å². The summed E-state index contributed by atoms with van der Waals surface area (Å²) in [6, 6.07) is 0. The van der Waals surface area contributed by atoms with E-state index in [-0.39, 0.29) is 5.91 Å². The Balaban J connectivity index is 2.05. The number of anilines is 1. The van der Waals surface area contributed by atoms with Crippen LogP contribution in [0.15, 0.2) is 6.20 Å². The Kier molecular flexibility index (Phi) is 3.36. The fraction of sp³-hybridized carbons (Fsp3) is 0.667. The number of likely N-dealkylation sites (tertiary alicyclic amines) is 1. The van der Waals surface area contributed by atoms with Gasteiger partial charge in [-0.15, -0.1) is 0 Å². The van der Waals surface area contributed by atoms with Gasteiger partial charge in [0.05, 0.1) is 0 Å². The highest BCUT2D eigenvalue weighted by molar-refractivity contribution is 5.73. The number of amides is 1. The predicted octanol–water partition coefficient (Wildman–Crippen LogP) is 1.21. The topological polar surface area (TPSA) is 64.2 Å². The summed E-state index contributed by atoms with van der Waals surface area (Å²) < 4.78 is 1.88. The average molecular weight is 236 g/mol. The minimum Gasteiger partial charge on any atom is -0.382 e. The highest BCUT2D eigenvalue weighted by atomic mass is 16.2. The van der Waals surface area contributed by atoms with Gasteiger partial charge in [-0.1, -0.05) is 0 Å². The van der Waals surface area contributed by atoms with Crippen molar-refractivity contribution in [1.29, 1.82) is 0 Å². The first-order valence-corrected chi connectivity index (χ1v) is 6.20. The maximum Gasteiger partial charge on any atom is 0.219 e. The second-order valence-electron chi connectivity index (χ2n) is 4.61. The Morgan fingerprint density at radius 3 is 2.65 bits per heavy atom. The molecule has 0 spiro atoms. The van der Waals surface area contributed by atoms with Crippen LogP contribution in [0.2, 0.25) is 0 Å². The second kappa shape index (κ2) is 4.77. The van der Waals surface area contributed by atoms with Crippen LogP contribution in [0.4, 0.5) is 5.82 Å². The molecule has 2 N–H and O–H groups in total. The summed E-state index contributed by atoms with van der Waals surface area (Å²) in [7, 11) is 0. The van der Waals surface area contributed by atoms with Crippen LogP contribution in [0.3, 0.4) is 0 Å². The lowest BCUT2D eigenvalue weighted by Crippen LogP contribution is -2.36. The normalized spacial score (nSPS) is 17.4. The largest absolute Gasteiger partial charge is 0.382 e. The van der Waals surface area contributed by atoms with E-state index >= 15 is 0 Å². The predicted molar refractivity (Wildman–Crippen MR) is 66.5 cm³/mol. The van der Waals surface area contributed by atoms with E-state index in [9.17, 15) is 4.79 Å². The molecule has 0 bridgehead atoms. The van der Waals surface area contributed by atoms with Crippen molar-refractivity contribution in [3.8, 4) is 0 Å². The van der Waals surface area contributed by atoms with Crippen molar-refractivity contribution in [2.24, 2.45) is 0 Å². The van der Waals surface area contributed by atoms with Crippen LogP contribution in [-0.2, 0) is 11.3 Å². The lowest BCUT2D eigenvalue weighted by atomic mass is 9.91. The third-order valence-corrected chi connectivity index (χ3v) is 3.52. The SMILES string of the molecule is CCn1cc(C2CCN(C(C)=O)CC2)c(N)n1. The second-order valence-corrected chi connectivity index (χ2v) is 4.61. The van der Waals surface area contributed by atoms with Gasteiger partial charge in [-0.05, 0) is 25.7 Å². The Morgan fingerprint density at radius 1 is 1.53 bits per heavy atom. The molecule has 1 aromatic heterocycles. The fourth-order valence-corrected chi connectivity index (χ4v) is 2.43. The van der Waals surface area contributed by atoms with Crippen LogP contribution < -0.4 is 5.73 Å². The van der Waals surface area contributed by atoms with E-state index < -0.39 is 0 Å². The molecule has 5 heteroatoms. The minimum atomic E-state index is 0.167. The molecule has 1 aliphatic rings. The van der Waals surface area contributed by atoms with Gasteiger partial charge in [0.25, 0.3) is 0 Å². The lowest BCUT2D eigenvalue weighted by molar-refractivity contribution is -0.129. The molecule has 1 aromatic rings. The van der Waals surface area contributed by atoms with Crippen molar-refractivity contribution in [1.82, 2.24) is 14.7 Å². The molecule has 5 nitrogen and oxygen atoms in total. The highest BCUT2D eigenvalue weighted by Crippen LogP contribution is 2.31. The average Bonchev–Trinajstić information content (AvgIpc) is 2.71. The number of carbonyl (C=O) groups is 1. The van der Waals surface area contributed by atoms with E-state index in [0.29, 0.717) is 11.7 Å². The summed E-state index contributed by atoms with van der Waals surface area (Å²) in [6.07, 6.45) is 4.02. The molecule has 2 rings (SSSR count). The number of aryl methyl sites for hydroxylation is 1. The Bertz CT molecular complexity index is 405. The molecule has 94 valence electrons. The van der Waals surface area contributed by atoms with Crippen LogP contribution in [0.5, 0.6) is 0 Å². The number of nitrogens with two attached hydrogens (primary N) is 1. The zero-order valence-electron chi connectivity index (χ0n) is 10.5. The van der Waals surface area contributed by atoms with Gasteiger partial charge in [0.15, 0.2) is 0 Å². The van der Waals surface area contributed by atoms with E-state index in [4.69, 9.17) is 5.73 Å². The van der Waals surface area contributed by atoms with Crippen molar-refractivity contribution < 1.29 is 4.79 Å². The molecule has 0 aliphatic carbocycles. The van der Waals surface area contributed by atoms with Crippen molar-refractivity contribution in [3.05, 3.63) is 11.8 Å². The number of carbonyl (C=O) groups excluding carboxylic acids is 1. The molecule has 1 fully saturated rings. The van der Waals surface area contributed by atoms with Gasteiger partial charge in [0.2, 0.25) is 5.91 Å². The molecular weight excluding hydrogens is 216 g/mol. The van der Waals surface area contributed by atoms with Crippen molar-refractivity contribution in [2.45, 2.75) is 39.2 Å². The van der Waals surface area contributed by atoms with E-state index in [0.717, 1.165) is 38.0 Å². The number of rotatable bonds is 2. The standard InChI is InChI=1S/C12H20N4O/c1-3-16-8-11(12(13)14-16)10-4-6-15(7-5-10)9(2)17/h8,10H,3-7H2,1-2H3,(H2,13,14). The van der Waals surface area contributed by atoms with E-state index in [1.807, 2.05) is 15.8 Å². The van der Waals surface area contributed by atoms with Crippen LogP contribution >= 0.6 is 0 Å². The maximum absolute atomic E-state index is 11.2. The molecule has 0 radical (unpaired) electrons. The molecule has 0 atom stereocenters. The fourth-order valence-electron chi connectivity index (χ4n) is 2.43. The number of hydrogen-bond acceptors (Lipinski definition) is 3. The number of hydrogen-bond donors (Lipinski definition) is 1. The molecule has 0 saturated carbocycles. The zero-order valence-corrected chi connectivity index (χ0v) is 10.5.